The van der Waals surface area contributed by atoms with Gasteiger partial charge in [-0.15, -0.1) is 0 Å². The summed E-state index contributed by atoms with van der Waals surface area (Å²) in [5.74, 6) is -1.19. The van der Waals surface area contributed by atoms with E-state index in [1.807, 2.05) is 6.26 Å². The molecule has 5 nitrogen and oxygen atoms in total. The number of halogens is 1. The molecular formula is C15H17FN2O3S. The number of carbonyl (C=O) groups is 2. The number of benzene rings is 1. The molecule has 0 saturated heterocycles. The number of carbonyl (C=O) groups excluding carboxylic acids is 1. The van der Waals surface area contributed by atoms with Crippen LogP contribution in [0.15, 0.2) is 30.5 Å². The number of hydrogen-bond acceptors (Lipinski definition) is 3. The second-order valence-corrected chi connectivity index (χ2v) is 5.87. The first-order chi connectivity index (χ1) is 10.5. The molecule has 0 radical (unpaired) electrons. The highest BCUT2D eigenvalue weighted by molar-refractivity contribution is 7.98. The van der Waals surface area contributed by atoms with Gasteiger partial charge in [0, 0.05) is 6.20 Å². The van der Waals surface area contributed by atoms with E-state index in [1.54, 1.807) is 22.9 Å². The first-order valence-electron chi connectivity index (χ1n) is 6.76. The largest absolute Gasteiger partial charge is 0.480 e. The zero-order chi connectivity index (χ0) is 16.1. The third-order valence-electron chi connectivity index (χ3n) is 3.29. The summed E-state index contributed by atoms with van der Waals surface area (Å²) in [6, 6.07) is 5.22. The minimum atomic E-state index is -1.05. The molecule has 0 unspecified atom stereocenters. The van der Waals surface area contributed by atoms with E-state index in [0.717, 1.165) is 5.39 Å². The normalized spacial score (nSPS) is 12.3. The van der Waals surface area contributed by atoms with E-state index in [1.165, 1.54) is 23.9 Å². The molecule has 0 fully saturated rings. The van der Waals surface area contributed by atoms with Crippen LogP contribution in [0.1, 0.15) is 6.42 Å². The van der Waals surface area contributed by atoms with Gasteiger partial charge in [-0.05, 0) is 48.1 Å². The molecule has 0 saturated carbocycles. The highest BCUT2D eigenvalue weighted by Crippen LogP contribution is 2.17. The number of nitrogens with one attached hydrogen (secondary N) is 1. The van der Waals surface area contributed by atoms with Crippen molar-refractivity contribution in [3.63, 3.8) is 0 Å². The number of nitrogens with zero attached hydrogens (tertiary/aromatic N) is 1. The lowest BCUT2D eigenvalue weighted by Gasteiger charge is -2.14. The molecule has 2 rings (SSSR count). The van der Waals surface area contributed by atoms with Gasteiger partial charge in [-0.2, -0.15) is 11.8 Å². The summed E-state index contributed by atoms with van der Waals surface area (Å²) in [7, 11) is 0. The fraction of sp³-hybridized carbons (Fsp3) is 0.333. The topological polar surface area (TPSA) is 71.3 Å². The Morgan fingerprint density at radius 1 is 1.41 bits per heavy atom. The van der Waals surface area contributed by atoms with Crippen LogP contribution >= 0.6 is 11.8 Å². The van der Waals surface area contributed by atoms with Crippen molar-refractivity contribution in [2.75, 3.05) is 12.0 Å². The zero-order valence-corrected chi connectivity index (χ0v) is 12.9. The highest BCUT2D eigenvalue weighted by Gasteiger charge is 2.19. The summed E-state index contributed by atoms with van der Waals surface area (Å²) in [4.78, 5) is 23.1. The van der Waals surface area contributed by atoms with Crippen molar-refractivity contribution in [3.05, 3.63) is 36.3 Å². The Morgan fingerprint density at radius 2 is 2.18 bits per heavy atom. The van der Waals surface area contributed by atoms with Crippen molar-refractivity contribution in [3.8, 4) is 0 Å². The maximum atomic E-state index is 13.3. The van der Waals surface area contributed by atoms with Crippen molar-refractivity contribution in [2.45, 2.75) is 19.0 Å². The zero-order valence-electron chi connectivity index (χ0n) is 12.1. The van der Waals surface area contributed by atoms with E-state index in [0.29, 0.717) is 17.7 Å². The van der Waals surface area contributed by atoms with Gasteiger partial charge in [0.15, 0.2) is 0 Å². The van der Waals surface area contributed by atoms with Crippen molar-refractivity contribution in [2.24, 2.45) is 0 Å². The van der Waals surface area contributed by atoms with Crippen molar-refractivity contribution in [1.82, 2.24) is 9.88 Å². The van der Waals surface area contributed by atoms with Crippen LogP contribution < -0.4 is 5.32 Å². The molecule has 2 aromatic rings. The van der Waals surface area contributed by atoms with Gasteiger partial charge >= 0.3 is 5.97 Å². The smallest absolute Gasteiger partial charge is 0.326 e. The summed E-state index contributed by atoms with van der Waals surface area (Å²) < 4.78 is 14.9. The standard InChI is InChI=1S/C15H17FN2O3S/c1-22-7-5-12(15(20)21)17-14(19)9-18-6-4-10-2-3-11(16)8-13(10)18/h2-4,6,8,12H,5,7,9H2,1H3,(H,17,19)(H,20,21)/t12-/m0/s1. The molecule has 7 heteroatoms. The van der Waals surface area contributed by atoms with Crippen LogP contribution in [0.2, 0.25) is 0 Å². The van der Waals surface area contributed by atoms with Gasteiger partial charge in [-0.25, -0.2) is 9.18 Å². The number of aliphatic carboxylic acids is 1. The molecule has 1 amide bonds. The molecular weight excluding hydrogens is 307 g/mol. The number of thioether (sulfide) groups is 1. The number of aromatic nitrogens is 1. The van der Waals surface area contributed by atoms with Gasteiger partial charge in [0.05, 0.1) is 5.52 Å². The third kappa shape index (κ3) is 4.00. The lowest BCUT2D eigenvalue weighted by Crippen LogP contribution is -2.42. The van der Waals surface area contributed by atoms with E-state index in [9.17, 15) is 14.0 Å². The van der Waals surface area contributed by atoms with Gasteiger partial charge in [0.2, 0.25) is 5.91 Å². The fourth-order valence-corrected chi connectivity index (χ4v) is 2.65. The van der Waals surface area contributed by atoms with E-state index in [4.69, 9.17) is 5.11 Å². The molecule has 1 aromatic carbocycles. The predicted molar refractivity (Wildman–Crippen MR) is 84.5 cm³/mol. The van der Waals surface area contributed by atoms with Crippen molar-refractivity contribution in [1.29, 1.82) is 0 Å². The van der Waals surface area contributed by atoms with Crippen LogP contribution in [0.25, 0.3) is 10.9 Å². The first kappa shape index (κ1) is 16.4. The second kappa shape index (κ2) is 7.31. The molecule has 1 aromatic heterocycles. The first-order valence-corrected chi connectivity index (χ1v) is 8.16. The molecule has 0 aliphatic carbocycles. The Bertz CT molecular complexity index is 686. The number of amides is 1. The second-order valence-electron chi connectivity index (χ2n) is 4.89. The molecule has 118 valence electrons. The maximum absolute atomic E-state index is 13.3. The van der Waals surface area contributed by atoms with Crippen LogP contribution in [0.3, 0.4) is 0 Å². The van der Waals surface area contributed by atoms with Gasteiger partial charge < -0.3 is 15.0 Å². The quantitative estimate of drug-likeness (QED) is 0.818. The van der Waals surface area contributed by atoms with Crippen molar-refractivity contribution >= 4 is 34.5 Å². The highest BCUT2D eigenvalue weighted by atomic mass is 32.2. The van der Waals surface area contributed by atoms with Crippen LogP contribution in [0.4, 0.5) is 4.39 Å². The van der Waals surface area contributed by atoms with E-state index >= 15 is 0 Å². The van der Waals surface area contributed by atoms with Crippen LogP contribution in [-0.4, -0.2) is 39.6 Å². The maximum Gasteiger partial charge on any atom is 0.326 e. The Hall–Kier alpha value is -2.02. The third-order valence-corrected chi connectivity index (χ3v) is 3.94. The molecule has 22 heavy (non-hydrogen) atoms. The SMILES string of the molecule is CSCC[C@H](NC(=O)Cn1ccc2ccc(F)cc21)C(=O)O. The number of carboxylic acid groups (broad SMARTS) is 1. The lowest BCUT2D eigenvalue weighted by atomic mass is 10.2. The average molecular weight is 324 g/mol. The molecule has 0 aliphatic rings. The fourth-order valence-electron chi connectivity index (χ4n) is 2.18. The Balaban J connectivity index is 2.06. The molecule has 1 heterocycles. The summed E-state index contributed by atoms with van der Waals surface area (Å²) in [5.41, 5.74) is 0.603. The number of fused-ring (bicyclic) bond motifs is 1. The average Bonchev–Trinajstić information content (AvgIpc) is 2.85. The molecule has 0 bridgehead atoms. The Morgan fingerprint density at radius 3 is 2.86 bits per heavy atom. The van der Waals surface area contributed by atoms with E-state index in [2.05, 4.69) is 5.32 Å². The van der Waals surface area contributed by atoms with Crippen LogP contribution in [-0.2, 0) is 16.1 Å². The summed E-state index contributed by atoms with van der Waals surface area (Å²) in [6.45, 7) is -0.0456. The number of hydrogen-bond donors (Lipinski definition) is 2. The van der Waals surface area contributed by atoms with Gasteiger partial charge in [0.1, 0.15) is 18.4 Å². The van der Waals surface area contributed by atoms with Crippen LogP contribution in [0, 0.1) is 5.82 Å². The Labute approximate surface area is 131 Å². The minimum absolute atomic E-state index is 0.0456. The van der Waals surface area contributed by atoms with E-state index < -0.39 is 17.9 Å². The molecule has 2 N–H and O–H groups in total. The van der Waals surface area contributed by atoms with E-state index in [-0.39, 0.29) is 12.4 Å². The van der Waals surface area contributed by atoms with Gasteiger partial charge in [0.25, 0.3) is 0 Å². The summed E-state index contributed by atoms with van der Waals surface area (Å²) in [6.07, 6.45) is 3.92. The molecule has 1 atom stereocenters. The summed E-state index contributed by atoms with van der Waals surface area (Å²) >= 11 is 1.52. The number of carboxylic acids is 1. The van der Waals surface area contributed by atoms with Crippen LogP contribution in [0.5, 0.6) is 0 Å². The molecule has 0 aliphatic heterocycles. The Kier molecular flexibility index (Phi) is 5.43. The minimum Gasteiger partial charge on any atom is -0.480 e. The molecule has 0 spiro atoms. The number of rotatable bonds is 7. The van der Waals surface area contributed by atoms with Crippen molar-refractivity contribution < 1.29 is 19.1 Å². The van der Waals surface area contributed by atoms with Gasteiger partial charge in [-0.3, -0.25) is 4.79 Å². The predicted octanol–water partition coefficient (Wildman–Crippen LogP) is 2.10. The monoisotopic (exact) mass is 324 g/mol. The van der Waals surface area contributed by atoms with Gasteiger partial charge in [-0.1, -0.05) is 0 Å². The lowest BCUT2D eigenvalue weighted by molar-refractivity contribution is -0.141. The summed E-state index contributed by atoms with van der Waals surface area (Å²) in [5, 5.41) is 12.4.